The Balaban J connectivity index is 7.54. The zero-order valence-electron chi connectivity index (χ0n) is 36.6. The second kappa shape index (κ2) is 29.0. The summed E-state index contributed by atoms with van der Waals surface area (Å²) in [5.74, 6) is 0. The lowest BCUT2D eigenvalue weighted by Gasteiger charge is -2.54. The van der Waals surface area contributed by atoms with Crippen molar-refractivity contribution in [1.82, 2.24) is 19.6 Å². The van der Waals surface area contributed by atoms with Gasteiger partial charge < -0.3 is 54.1 Å². The minimum atomic E-state index is -2.94. The van der Waals surface area contributed by atoms with Crippen LogP contribution in [0.4, 0.5) is 0 Å². The quantitative estimate of drug-likeness (QED) is 0.0651. The van der Waals surface area contributed by atoms with Gasteiger partial charge >= 0.3 is 36.2 Å². The van der Waals surface area contributed by atoms with Gasteiger partial charge in [-0.05, 0) is 91.1 Å². The van der Waals surface area contributed by atoms with E-state index in [2.05, 4.69) is 73.2 Å². The third-order valence-corrected chi connectivity index (χ3v) is 21.1. The predicted molar refractivity (Wildman–Crippen MR) is 225 cm³/mol. The third-order valence-electron chi connectivity index (χ3n) is 10.4. The Morgan fingerprint density at radius 3 is 1.00 bits per heavy atom. The van der Waals surface area contributed by atoms with E-state index in [0.717, 1.165) is 90.1 Å². The number of nitrogens with zero attached hydrogens (tertiary/aromatic N) is 4. The molecule has 0 heterocycles. The van der Waals surface area contributed by atoms with E-state index in [1.54, 1.807) is 71.1 Å². The highest BCUT2D eigenvalue weighted by molar-refractivity contribution is 8.02. The monoisotopic (exact) mass is 848 g/mol. The van der Waals surface area contributed by atoms with Crippen LogP contribution in [0.5, 0.6) is 0 Å². The summed E-state index contributed by atoms with van der Waals surface area (Å²) >= 11 is 2.09. The number of thioether (sulfide) groups is 1. The van der Waals surface area contributed by atoms with Crippen molar-refractivity contribution in [2.45, 2.75) is 87.3 Å². The lowest BCUT2D eigenvalue weighted by atomic mass is 10.1. The van der Waals surface area contributed by atoms with Gasteiger partial charge in [-0.25, -0.2) is 0 Å². The number of hydrogen-bond donors (Lipinski definition) is 0. The molecule has 0 aromatic heterocycles. The Labute approximate surface area is 335 Å². The van der Waals surface area contributed by atoms with Gasteiger partial charge in [0.25, 0.3) is 0 Å². The van der Waals surface area contributed by atoms with E-state index >= 15 is 0 Å². The topological polar surface area (TPSA) is 105 Å². The van der Waals surface area contributed by atoms with Crippen molar-refractivity contribution in [2.24, 2.45) is 0 Å². The average molecular weight is 849 g/mol. The van der Waals surface area contributed by atoms with Crippen molar-refractivity contribution >= 4 is 47.9 Å². The molecule has 0 N–H and O–H groups in total. The van der Waals surface area contributed by atoms with Crippen molar-refractivity contribution in [3.8, 4) is 0 Å². The molecular formula is C34H80N4O10SSi4. The van der Waals surface area contributed by atoms with E-state index < -0.39 is 36.2 Å². The summed E-state index contributed by atoms with van der Waals surface area (Å²) in [5.41, 5.74) is 0. The Morgan fingerprint density at radius 2 is 0.774 bits per heavy atom. The molecule has 14 nitrogen and oxygen atoms in total. The highest BCUT2D eigenvalue weighted by Crippen LogP contribution is 2.49. The first-order valence-electron chi connectivity index (χ1n) is 19.1. The molecular weight excluding hydrogens is 769 g/mol. The summed E-state index contributed by atoms with van der Waals surface area (Å²) in [6.07, 6.45) is 3.58. The molecule has 19 heteroatoms. The van der Waals surface area contributed by atoms with Crippen LogP contribution in [0.3, 0.4) is 0 Å². The van der Waals surface area contributed by atoms with Gasteiger partial charge in [0, 0.05) is 96.3 Å². The number of rotatable bonds is 36. The van der Waals surface area contributed by atoms with Crippen LogP contribution in [0.25, 0.3) is 0 Å². The molecule has 0 aromatic rings. The molecule has 2 radical (unpaired) electrons. The molecule has 0 spiro atoms. The van der Waals surface area contributed by atoms with Crippen LogP contribution in [0, 0.1) is 0 Å². The standard InChI is InChI=1S/C34H80N4O10SSi4/c1-17-37(18-2)33(23-29-52(43-11,44-12)45-13,31-35(5)25-21-27-50(39-7)40-8)49-34(38(19-3)20-4,24-30-53(46-14,47-15)48-16)32-36(6)26-22-28-51(41-9)42-10/h17-32H2,1-16H3. The second-order valence-corrected chi connectivity index (χ2v) is 25.2. The lowest BCUT2D eigenvalue weighted by Crippen LogP contribution is -2.62. The molecule has 0 aromatic carbocycles. The SMILES string of the molecule is CCN(CC)C(CC[Si](OC)(OC)OC)(CN(C)CCC[Si](OC)OC)SC(CC[Si](OC)(OC)OC)(CN(C)CCC[Si](OC)OC)N(CC)CC. The van der Waals surface area contributed by atoms with Crippen LogP contribution in [0.2, 0.25) is 24.2 Å². The van der Waals surface area contributed by atoms with Crippen molar-refractivity contribution in [2.75, 3.05) is 138 Å². The van der Waals surface area contributed by atoms with Crippen LogP contribution < -0.4 is 0 Å². The maximum atomic E-state index is 6.05. The van der Waals surface area contributed by atoms with Gasteiger partial charge in [-0.3, -0.25) is 9.80 Å². The van der Waals surface area contributed by atoms with Crippen molar-refractivity contribution in [3.63, 3.8) is 0 Å². The molecule has 0 saturated carbocycles. The van der Waals surface area contributed by atoms with Crippen molar-refractivity contribution in [3.05, 3.63) is 0 Å². The van der Waals surface area contributed by atoms with E-state index in [1.165, 1.54) is 0 Å². The molecule has 0 aliphatic rings. The Kier molecular flexibility index (Phi) is 29.3. The van der Waals surface area contributed by atoms with Crippen molar-refractivity contribution in [1.29, 1.82) is 0 Å². The highest BCUT2D eigenvalue weighted by atomic mass is 32.2. The fourth-order valence-corrected chi connectivity index (χ4v) is 15.8. The second-order valence-electron chi connectivity index (χ2n) is 13.2. The minimum absolute atomic E-state index is 0.356. The number of likely N-dealkylation sites (N-methyl/N-ethyl adjacent to an activating group) is 4. The molecule has 0 saturated heterocycles. The van der Waals surface area contributed by atoms with E-state index in [4.69, 9.17) is 44.3 Å². The summed E-state index contributed by atoms with van der Waals surface area (Å²) < 4.78 is 58.8. The minimum Gasteiger partial charge on any atom is -0.397 e. The van der Waals surface area contributed by atoms with Crippen LogP contribution in [0.1, 0.15) is 53.4 Å². The van der Waals surface area contributed by atoms with E-state index in [-0.39, 0.29) is 9.74 Å². The molecule has 0 aliphatic heterocycles. The summed E-state index contributed by atoms with van der Waals surface area (Å²) in [6, 6.07) is 3.18. The van der Waals surface area contributed by atoms with E-state index in [9.17, 15) is 0 Å². The fourth-order valence-electron chi connectivity index (χ4n) is 7.30. The van der Waals surface area contributed by atoms with Crippen molar-refractivity contribution < 1.29 is 44.3 Å². The summed E-state index contributed by atoms with van der Waals surface area (Å²) in [6.45, 7) is 16.1. The first kappa shape index (κ1) is 53.7. The Bertz CT molecular complexity index is 812. The summed E-state index contributed by atoms with van der Waals surface area (Å²) in [7, 11) is 13.3. The molecule has 0 bridgehead atoms. The van der Waals surface area contributed by atoms with Crippen LogP contribution in [-0.2, 0) is 44.3 Å². The maximum Gasteiger partial charge on any atom is 0.500 e. The first-order chi connectivity index (χ1) is 25.3. The third kappa shape index (κ3) is 17.2. The van der Waals surface area contributed by atoms with Crippen LogP contribution in [0.15, 0.2) is 0 Å². The van der Waals surface area contributed by atoms with Crippen LogP contribution >= 0.6 is 11.8 Å². The molecule has 318 valence electrons. The summed E-state index contributed by atoms with van der Waals surface area (Å²) in [4.78, 5) is 9.55. The molecule has 0 fully saturated rings. The molecule has 0 aliphatic carbocycles. The fraction of sp³-hybridized carbons (Fsp3) is 1.00. The van der Waals surface area contributed by atoms with E-state index in [1.807, 2.05) is 0 Å². The normalized spacial score (nSPS) is 15.5. The molecule has 2 unspecified atom stereocenters. The Hall–Kier alpha value is 0.658. The largest absolute Gasteiger partial charge is 0.500 e. The predicted octanol–water partition coefficient (Wildman–Crippen LogP) is 4.54. The zero-order valence-corrected chi connectivity index (χ0v) is 41.4. The Morgan fingerprint density at radius 1 is 0.491 bits per heavy atom. The lowest BCUT2D eigenvalue weighted by molar-refractivity contribution is 0.0884. The number of hydrogen-bond acceptors (Lipinski definition) is 15. The molecule has 2 atom stereocenters. The van der Waals surface area contributed by atoms with E-state index in [0.29, 0.717) is 12.1 Å². The van der Waals surface area contributed by atoms with Gasteiger partial charge in [0.2, 0.25) is 0 Å². The molecule has 0 rings (SSSR count). The van der Waals surface area contributed by atoms with Gasteiger partial charge in [0.15, 0.2) is 0 Å². The van der Waals surface area contributed by atoms with Gasteiger partial charge in [-0.1, -0.05) is 27.7 Å². The average Bonchev–Trinajstić information content (AvgIpc) is 3.17. The van der Waals surface area contributed by atoms with Gasteiger partial charge in [-0.2, -0.15) is 0 Å². The van der Waals surface area contributed by atoms with Crippen LogP contribution in [-0.4, -0.2) is 203 Å². The smallest absolute Gasteiger partial charge is 0.397 e. The zero-order chi connectivity index (χ0) is 40.6. The van der Waals surface area contributed by atoms with Gasteiger partial charge in [0.1, 0.15) is 0 Å². The molecule has 53 heavy (non-hydrogen) atoms. The molecule has 0 amide bonds. The summed E-state index contributed by atoms with van der Waals surface area (Å²) in [5, 5.41) is 0. The first-order valence-corrected chi connectivity index (χ1v) is 26.8. The highest BCUT2D eigenvalue weighted by Gasteiger charge is 2.52. The van der Waals surface area contributed by atoms with Gasteiger partial charge in [-0.15, -0.1) is 11.8 Å². The maximum absolute atomic E-state index is 6.05. The van der Waals surface area contributed by atoms with Gasteiger partial charge in [0.05, 0.1) is 9.74 Å².